The van der Waals surface area contributed by atoms with Crippen molar-refractivity contribution in [3.05, 3.63) is 82.9 Å². The molecule has 14 nitrogen and oxygen atoms in total. The molecule has 0 N–H and O–H groups in total. The number of esters is 2. The fourth-order valence-corrected chi connectivity index (χ4v) is 5.58. The molecule has 1 aliphatic carbocycles. The second kappa shape index (κ2) is 22.0. The highest BCUT2D eigenvalue weighted by Gasteiger charge is 2.35. The van der Waals surface area contributed by atoms with E-state index in [1.54, 1.807) is 0 Å². The fourth-order valence-electron chi connectivity index (χ4n) is 5.14. The van der Waals surface area contributed by atoms with E-state index in [4.69, 9.17) is 51.6 Å². The molecule has 0 heterocycles. The zero-order chi connectivity index (χ0) is 39.6. The van der Waals surface area contributed by atoms with Gasteiger partial charge in [-0.1, -0.05) is 36.4 Å². The van der Waals surface area contributed by atoms with E-state index in [0.717, 1.165) is 12.2 Å². The third-order valence-electron chi connectivity index (χ3n) is 8.03. The summed E-state index contributed by atoms with van der Waals surface area (Å²) in [5, 5.41) is -0.210. The SMILES string of the molecule is C=CC(=O)OCCCCOC(=O)Oc1ccc(C(=O)C(=O)[C@H]2CC[C@H](C(=O)C(=O)c3ccc(OC(=O)OCCCCOC(=O)C=C)c(Cl)c3)CC2)cc1Cl. The highest BCUT2D eigenvalue weighted by Crippen LogP contribution is 2.33. The molecule has 0 aliphatic heterocycles. The largest absolute Gasteiger partial charge is 0.513 e. The van der Waals surface area contributed by atoms with Gasteiger partial charge < -0.3 is 28.4 Å². The lowest BCUT2D eigenvalue weighted by molar-refractivity contribution is -0.138. The van der Waals surface area contributed by atoms with Crippen molar-refractivity contribution in [1.82, 2.24) is 0 Å². The summed E-state index contributed by atoms with van der Waals surface area (Å²) in [7, 11) is 0. The van der Waals surface area contributed by atoms with Gasteiger partial charge in [0, 0.05) is 35.1 Å². The van der Waals surface area contributed by atoms with E-state index in [1.165, 1.54) is 36.4 Å². The average Bonchev–Trinajstić information content (AvgIpc) is 3.17. The minimum Gasteiger partial charge on any atom is -0.463 e. The number of carbonyl (C=O) groups excluding carboxylic acids is 8. The number of hydrogen-bond acceptors (Lipinski definition) is 14. The van der Waals surface area contributed by atoms with Crippen molar-refractivity contribution in [1.29, 1.82) is 0 Å². The molecule has 288 valence electrons. The first-order chi connectivity index (χ1) is 25.8. The van der Waals surface area contributed by atoms with Gasteiger partial charge in [0.25, 0.3) is 0 Å². The molecule has 1 saturated carbocycles. The molecule has 3 rings (SSSR count). The van der Waals surface area contributed by atoms with Crippen LogP contribution in [-0.4, -0.2) is 73.8 Å². The van der Waals surface area contributed by atoms with Crippen molar-refractivity contribution in [3.8, 4) is 11.5 Å². The summed E-state index contributed by atoms with van der Waals surface area (Å²) in [5.41, 5.74) is -0.0380. The van der Waals surface area contributed by atoms with E-state index in [0.29, 0.717) is 25.7 Å². The number of carbonyl (C=O) groups is 8. The van der Waals surface area contributed by atoms with E-state index >= 15 is 0 Å². The fraction of sp³-hybridized carbons (Fsp3) is 0.368. The van der Waals surface area contributed by atoms with Gasteiger partial charge in [-0.3, -0.25) is 19.2 Å². The predicted molar refractivity (Wildman–Crippen MR) is 192 cm³/mol. The Hall–Kier alpha value is -5.34. The van der Waals surface area contributed by atoms with Crippen molar-refractivity contribution in [2.24, 2.45) is 11.8 Å². The molecule has 0 amide bonds. The summed E-state index contributed by atoms with van der Waals surface area (Å²) in [6.07, 6.45) is 2.47. The van der Waals surface area contributed by atoms with Gasteiger partial charge in [0.05, 0.1) is 36.5 Å². The third kappa shape index (κ3) is 13.6. The van der Waals surface area contributed by atoms with Crippen LogP contribution in [0.5, 0.6) is 11.5 Å². The van der Waals surface area contributed by atoms with Crippen LogP contribution in [0.3, 0.4) is 0 Å². The number of unbranched alkanes of at least 4 members (excludes halogenated alkanes) is 2. The molecule has 1 aliphatic rings. The van der Waals surface area contributed by atoms with Gasteiger partial charge in [-0.2, -0.15) is 0 Å². The summed E-state index contributed by atoms with van der Waals surface area (Å²) in [5.74, 6) is -5.60. The van der Waals surface area contributed by atoms with E-state index < -0.39 is 59.2 Å². The molecule has 0 spiro atoms. The van der Waals surface area contributed by atoms with E-state index in [-0.39, 0.29) is 84.8 Å². The van der Waals surface area contributed by atoms with Crippen molar-refractivity contribution >= 4 is 70.6 Å². The average molecular weight is 790 g/mol. The van der Waals surface area contributed by atoms with Crippen LogP contribution < -0.4 is 9.47 Å². The maximum absolute atomic E-state index is 13.1. The van der Waals surface area contributed by atoms with Gasteiger partial charge in [-0.25, -0.2) is 19.2 Å². The number of Topliss-reactive ketones (excluding diaryl/α,β-unsaturated/α-hetero) is 4. The van der Waals surface area contributed by atoms with E-state index in [1.807, 2.05) is 0 Å². The Morgan fingerprint density at radius 1 is 0.556 bits per heavy atom. The molecule has 0 unspecified atom stereocenters. The molecular weight excluding hydrogens is 751 g/mol. The van der Waals surface area contributed by atoms with Crippen molar-refractivity contribution < 1.29 is 66.8 Å². The van der Waals surface area contributed by atoms with Crippen LogP contribution in [-0.2, 0) is 38.1 Å². The molecule has 0 atom stereocenters. The zero-order valence-electron chi connectivity index (χ0n) is 29.1. The van der Waals surface area contributed by atoms with Crippen molar-refractivity contribution in [2.75, 3.05) is 26.4 Å². The first kappa shape index (κ1) is 43.1. The van der Waals surface area contributed by atoms with Crippen LogP contribution in [0.1, 0.15) is 72.1 Å². The zero-order valence-corrected chi connectivity index (χ0v) is 30.7. The summed E-state index contributed by atoms with van der Waals surface area (Å²) in [6, 6.07) is 7.49. The summed E-state index contributed by atoms with van der Waals surface area (Å²) in [6.45, 7) is 6.83. The Bertz CT molecular complexity index is 1630. The second-order valence-electron chi connectivity index (χ2n) is 11.8. The molecule has 0 aromatic heterocycles. The number of ether oxygens (including phenoxy) is 6. The van der Waals surface area contributed by atoms with Gasteiger partial charge >= 0.3 is 24.2 Å². The Balaban J connectivity index is 1.43. The molecule has 2 aromatic carbocycles. The number of hydrogen-bond donors (Lipinski definition) is 0. The predicted octanol–water partition coefficient (Wildman–Crippen LogP) is 7.05. The van der Waals surface area contributed by atoms with Crippen LogP contribution in [0.4, 0.5) is 9.59 Å². The molecule has 2 aromatic rings. The topological polar surface area (TPSA) is 192 Å². The quantitative estimate of drug-likeness (QED) is 0.0252. The van der Waals surface area contributed by atoms with Gasteiger partial charge in [-0.15, -0.1) is 0 Å². The Labute approximate surface area is 320 Å². The van der Waals surface area contributed by atoms with Gasteiger partial charge in [0.2, 0.25) is 23.1 Å². The molecule has 54 heavy (non-hydrogen) atoms. The lowest BCUT2D eigenvalue weighted by Gasteiger charge is -2.26. The van der Waals surface area contributed by atoms with E-state index in [9.17, 15) is 38.4 Å². The van der Waals surface area contributed by atoms with Crippen molar-refractivity contribution in [2.45, 2.75) is 51.4 Å². The highest BCUT2D eigenvalue weighted by atomic mass is 35.5. The summed E-state index contributed by atoms with van der Waals surface area (Å²) < 4.78 is 29.7. The number of ketones is 4. The first-order valence-corrected chi connectivity index (χ1v) is 17.6. The van der Waals surface area contributed by atoms with Crippen LogP contribution in [0, 0.1) is 11.8 Å². The lowest BCUT2D eigenvalue weighted by Crippen LogP contribution is -2.32. The lowest BCUT2D eigenvalue weighted by atomic mass is 9.76. The number of benzene rings is 2. The van der Waals surface area contributed by atoms with Crippen molar-refractivity contribution in [3.63, 3.8) is 0 Å². The Morgan fingerprint density at radius 3 is 1.20 bits per heavy atom. The minimum absolute atomic E-state index is 0.00562. The molecule has 0 bridgehead atoms. The molecule has 1 fully saturated rings. The second-order valence-corrected chi connectivity index (χ2v) is 12.6. The normalized spacial score (nSPS) is 14.8. The first-order valence-electron chi connectivity index (χ1n) is 16.9. The van der Waals surface area contributed by atoms with Crippen LogP contribution in [0.25, 0.3) is 0 Å². The molecule has 0 radical (unpaired) electrons. The Kier molecular flexibility index (Phi) is 17.6. The molecular formula is C38H38Cl2O14. The molecule has 0 saturated heterocycles. The van der Waals surface area contributed by atoms with Crippen LogP contribution in [0.2, 0.25) is 10.0 Å². The van der Waals surface area contributed by atoms with Gasteiger partial charge in [0.15, 0.2) is 11.5 Å². The minimum atomic E-state index is -1.04. The van der Waals surface area contributed by atoms with Gasteiger partial charge in [0.1, 0.15) is 0 Å². The smallest absolute Gasteiger partial charge is 0.463 e. The molecule has 16 heteroatoms. The monoisotopic (exact) mass is 788 g/mol. The standard InChI is InChI=1S/C38H38Cl2O14/c1-3-31(41)49-17-5-7-19-51-37(47)53-29-15-13-25(21-27(29)39)35(45)33(43)23-9-11-24(12-10-23)34(44)36(46)26-14-16-30(28(40)22-26)54-38(48)52-20-8-6-18-50-32(42)4-2/h3-4,13-16,21-24H,1-2,5-12,17-20H2/t23-,24-. The Morgan fingerprint density at radius 2 is 0.889 bits per heavy atom. The van der Waals surface area contributed by atoms with Crippen LogP contribution in [0.15, 0.2) is 61.7 Å². The summed E-state index contributed by atoms with van der Waals surface area (Å²) >= 11 is 12.4. The third-order valence-corrected chi connectivity index (χ3v) is 8.62. The van der Waals surface area contributed by atoms with Crippen LogP contribution >= 0.6 is 23.2 Å². The highest BCUT2D eigenvalue weighted by molar-refractivity contribution is 6.46. The van der Waals surface area contributed by atoms with Gasteiger partial charge in [-0.05, 0) is 87.8 Å². The maximum Gasteiger partial charge on any atom is 0.513 e. The number of rotatable bonds is 20. The number of halogens is 2. The summed E-state index contributed by atoms with van der Waals surface area (Å²) in [4.78, 5) is 98.2. The maximum atomic E-state index is 13.1. The van der Waals surface area contributed by atoms with E-state index in [2.05, 4.69) is 13.2 Å².